The van der Waals surface area contributed by atoms with Crippen molar-refractivity contribution >= 4 is 0 Å². The van der Waals surface area contributed by atoms with Crippen molar-refractivity contribution in [2.24, 2.45) is 28.3 Å². The molecule has 0 radical (unpaired) electrons. The van der Waals surface area contributed by atoms with Gasteiger partial charge in [-0.3, -0.25) is 0 Å². The van der Waals surface area contributed by atoms with Crippen molar-refractivity contribution in [3.05, 3.63) is 0 Å². The Kier molecular flexibility index (Phi) is 30.6. The van der Waals surface area contributed by atoms with Gasteiger partial charge in [0.1, 0.15) is 0 Å². The van der Waals surface area contributed by atoms with E-state index in [0.29, 0.717) is 119 Å². The number of hydrogen-bond acceptors (Lipinski definition) is 12. The van der Waals surface area contributed by atoms with Gasteiger partial charge in [-0.25, -0.2) is 0 Å². The predicted molar refractivity (Wildman–Crippen MR) is 162 cm³/mol. The van der Waals surface area contributed by atoms with Gasteiger partial charge < -0.3 is 60.8 Å². The lowest BCUT2D eigenvalue weighted by molar-refractivity contribution is -0.124. The van der Waals surface area contributed by atoms with Crippen LogP contribution in [0.5, 0.6) is 0 Å². The largest absolute Gasteiger partial charge is 0.379 e. The van der Waals surface area contributed by atoms with Crippen molar-refractivity contribution in [2.75, 3.05) is 119 Å². The molecular weight excluding hydrogens is 532 g/mol. The minimum Gasteiger partial charge on any atom is -0.379 e. The average Bonchev–Trinajstić information content (AvgIpc) is 2.97. The Morgan fingerprint density at radius 1 is 0.415 bits per heavy atom. The van der Waals surface area contributed by atoms with E-state index in [-0.39, 0.29) is 12.2 Å². The number of ether oxygens (including phenoxy) is 8. The van der Waals surface area contributed by atoms with Crippen LogP contribution in [-0.2, 0) is 37.9 Å². The predicted octanol–water partition coefficient (Wildman–Crippen LogP) is 1.06. The zero-order valence-corrected chi connectivity index (χ0v) is 26.2. The maximum absolute atomic E-state index is 6.09. The van der Waals surface area contributed by atoms with Gasteiger partial charge in [-0.1, -0.05) is 0 Å². The van der Waals surface area contributed by atoms with Crippen molar-refractivity contribution in [2.45, 2.75) is 64.6 Å². The smallest absolute Gasteiger partial charge is 0.0704 e. The Morgan fingerprint density at radius 2 is 0.732 bits per heavy atom. The Labute approximate surface area is 249 Å². The van der Waals surface area contributed by atoms with Gasteiger partial charge in [0.2, 0.25) is 0 Å². The maximum Gasteiger partial charge on any atom is 0.0704 e. The molecule has 8 N–H and O–H groups in total. The van der Waals surface area contributed by atoms with Crippen LogP contribution in [0.25, 0.3) is 0 Å². The van der Waals surface area contributed by atoms with Gasteiger partial charge in [0.15, 0.2) is 0 Å². The van der Waals surface area contributed by atoms with Crippen LogP contribution in [0, 0.1) is 5.41 Å². The van der Waals surface area contributed by atoms with E-state index in [9.17, 15) is 0 Å². The fourth-order valence-electron chi connectivity index (χ4n) is 3.81. The quantitative estimate of drug-likeness (QED) is 0.0778. The zero-order valence-electron chi connectivity index (χ0n) is 26.2. The first-order chi connectivity index (χ1) is 20.0. The van der Waals surface area contributed by atoms with Gasteiger partial charge in [0.25, 0.3) is 0 Å². The molecule has 248 valence electrons. The molecule has 0 aliphatic carbocycles. The highest BCUT2D eigenvalue weighted by molar-refractivity contribution is 4.79. The second-order valence-electron chi connectivity index (χ2n) is 10.4. The first-order valence-corrected chi connectivity index (χ1v) is 15.5. The van der Waals surface area contributed by atoms with Crippen LogP contribution in [-0.4, -0.2) is 131 Å². The fourth-order valence-corrected chi connectivity index (χ4v) is 3.81. The summed E-state index contributed by atoms with van der Waals surface area (Å²) in [5, 5.41) is 0. The monoisotopic (exact) mass is 596 g/mol. The van der Waals surface area contributed by atoms with E-state index in [2.05, 4.69) is 13.8 Å². The van der Waals surface area contributed by atoms with Crippen molar-refractivity contribution < 1.29 is 37.9 Å². The summed E-state index contributed by atoms with van der Waals surface area (Å²) in [5.41, 5.74) is 21.7. The number of nitrogens with two attached hydrogens (primary N) is 4. The Bertz CT molecular complexity index is 481. The summed E-state index contributed by atoms with van der Waals surface area (Å²) < 4.78 is 47.2. The summed E-state index contributed by atoms with van der Waals surface area (Å²) in [6.45, 7) is 13.3. The molecule has 41 heavy (non-hydrogen) atoms. The molecule has 0 aromatic carbocycles. The molecule has 0 fully saturated rings. The van der Waals surface area contributed by atoms with Gasteiger partial charge in [-0.15, -0.1) is 0 Å². The average molecular weight is 597 g/mol. The van der Waals surface area contributed by atoms with Gasteiger partial charge in [0.05, 0.1) is 96.9 Å². The molecule has 12 nitrogen and oxygen atoms in total. The molecule has 0 aromatic rings. The summed E-state index contributed by atoms with van der Waals surface area (Å²) in [6, 6.07) is 0. The lowest BCUT2D eigenvalue weighted by Gasteiger charge is -2.33. The molecule has 0 rings (SSSR count). The second-order valence-corrected chi connectivity index (χ2v) is 10.4. The highest BCUT2D eigenvalue weighted by atomic mass is 16.6. The summed E-state index contributed by atoms with van der Waals surface area (Å²) in [7, 11) is 0. The molecule has 0 bridgehead atoms. The van der Waals surface area contributed by atoms with Crippen LogP contribution < -0.4 is 22.9 Å². The van der Waals surface area contributed by atoms with Gasteiger partial charge >= 0.3 is 0 Å². The van der Waals surface area contributed by atoms with Gasteiger partial charge in [-0.2, -0.15) is 0 Å². The van der Waals surface area contributed by atoms with Crippen molar-refractivity contribution in [3.8, 4) is 0 Å². The molecule has 0 saturated heterocycles. The summed E-state index contributed by atoms with van der Waals surface area (Å²) in [6.07, 6.45) is 5.70. The molecule has 2 unspecified atom stereocenters. The van der Waals surface area contributed by atoms with Crippen molar-refractivity contribution in [3.63, 3.8) is 0 Å². The molecule has 0 saturated carbocycles. The Balaban J connectivity index is 4.96. The highest BCUT2D eigenvalue weighted by Gasteiger charge is 2.32. The van der Waals surface area contributed by atoms with Crippen LogP contribution in [0.2, 0.25) is 0 Å². The molecule has 0 spiro atoms. The number of hydrogen-bond donors (Lipinski definition) is 4. The fraction of sp³-hybridized carbons (Fsp3) is 1.00. The van der Waals surface area contributed by atoms with E-state index in [1.165, 1.54) is 0 Å². The minimum atomic E-state index is -0.523. The third-order valence-corrected chi connectivity index (χ3v) is 6.25. The van der Waals surface area contributed by atoms with Gasteiger partial charge in [0, 0.05) is 13.2 Å². The van der Waals surface area contributed by atoms with Crippen LogP contribution in [0.3, 0.4) is 0 Å². The number of rotatable bonds is 34. The summed E-state index contributed by atoms with van der Waals surface area (Å²) in [5.74, 6) is 0. The molecular formula is C29H64N4O8. The molecule has 12 heteroatoms. The van der Waals surface area contributed by atoms with E-state index in [1.807, 2.05) is 0 Å². The van der Waals surface area contributed by atoms with Crippen LogP contribution in [0.15, 0.2) is 0 Å². The minimum absolute atomic E-state index is 0.146. The molecule has 0 aromatic heterocycles. The first kappa shape index (κ1) is 40.5. The highest BCUT2D eigenvalue weighted by Crippen LogP contribution is 2.21. The van der Waals surface area contributed by atoms with E-state index in [4.69, 9.17) is 60.8 Å². The maximum atomic E-state index is 6.09. The van der Waals surface area contributed by atoms with E-state index in [1.54, 1.807) is 0 Å². The molecule has 2 atom stereocenters. The van der Waals surface area contributed by atoms with E-state index >= 15 is 0 Å². The van der Waals surface area contributed by atoms with Crippen LogP contribution in [0.4, 0.5) is 0 Å². The normalized spacial score (nSPS) is 13.6. The Hall–Kier alpha value is -0.480. The van der Waals surface area contributed by atoms with Crippen LogP contribution in [0.1, 0.15) is 52.4 Å². The first-order valence-electron chi connectivity index (χ1n) is 15.5. The van der Waals surface area contributed by atoms with E-state index < -0.39 is 5.41 Å². The second kappa shape index (κ2) is 31.0. The Morgan fingerprint density at radius 3 is 1.07 bits per heavy atom. The molecule has 0 aliphatic heterocycles. The molecule has 0 amide bonds. The SMILES string of the molecule is CC(CCCN)OCCOCC(COCCOCCCN)(COCCOCCCN)COCCOC(C)CCCN. The molecule has 0 heterocycles. The zero-order chi connectivity index (χ0) is 30.3. The topological polar surface area (TPSA) is 178 Å². The third-order valence-electron chi connectivity index (χ3n) is 6.25. The van der Waals surface area contributed by atoms with Crippen molar-refractivity contribution in [1.29, 1.82) is 0 Å². The molecule has 0 aliphatic rings. The standard InChI is InChI=1S/C29H64N4O8/c1-27(7-3-9-30)40-21-19-38-25-29(23-36-17-15-34-13-5-11-32,24-37-18-16-35-14-6-12-33)26-39-20-22-41-28(2)8-4-10-31/h27-28H,3-26,30-33H2,1-2H3. The third kappa shape index (κ3) is 26.8. The lowest BCUT2D eigenvalue weighted by Crippen LogP contribution is -2.43. The van der Waals surface area contributed by atoms with Crippen molar-refractivity contribution in [1.82, 2.24) is 0 Å². The summed E-state index contributed by atoms with van der Waals surface area (Å²) in [4.78, 5) is 0. The summed E-state index contributed by atoms with van der Waals surface area (Å²) >= 11 is 0. The van der Waals surface area contributed by atoms with Crippen LogP contribution >= 0.6 is 0 Å². The van der Waals surface area contributed by atoms with E-state index in [0.717, 1.165) is 38.5 Å². The van der Waals surface area contributed by atoms with Gasteiger partial charge in [-0.05, 0) is 78.6 Å². The lowest BCUT2D eigenvalue weighted by atomic mass is 9.92.